The van der Waals surface area contributed by atoms with Crippen molar-refractivity contribution in [1.29, 1.82) is 5.26 Å². The van der Waals surface area contributed by atoms with Crippen LogP contribution in [0.4, 0.5) is 0 Å². The lowest BCUT2D eigenvalue weighted by atomic mass is 10.0. The molecule has 0 saturated heterocycles. The molecule has 130 valence electrons. The third-order valence-electron chi connectivity index (χ3n) is 3.99. The highest BCUT2D eigenvalue weighted by atomic mass is 16.1. The maximum absolute atomic E-state index is 12.7. The molecule has 0 aliphatic heterocycles. The van der Waals surface area contributed by atoms with Crippen molar-refractivity contribution in [3.63, 3.8) is 0 Å². The summed E-state index contributed by atoms with van der Waals surface area (Å²) >= 11 is 0. The zero-order valence-electron chi connectivity index (χ0n) is 14.4. The van der Waals surface area contributed by atoms with Crippen LogP contribution < -0.4 is 10.9 Å². The molecule has 0 unspecified atom stereocenters. The third-order valence-corrected chi connectivity index (χ3v) is 3.99. The molecule has 0 fully saturated rings. The molecule has 7 nitrogen and oxygen atoms in total. The Hall–Kier alpha value is -3.66. The maximum atomic E-state index is 12.7. The van der Waals surface area contributed by atoms with Crippen molar-refractivity contribution < 1.29 is 4.79 Å². The molecule has 2 aromatic heterocycles. The van der Waals surface area contributed by atoms with Crippen LogP contribution in [0.25, 0.3) is 16.9 Å². The fraction of sp³-hybridized carbons (Fsp3) is 0.158. The van der Waals surface area contributed by atoms with Gasteiger partial charge in [-0.3, -0.25) is 14.7 Å². The molecule has 0 radical (unpaired) electrons. The van der Waals surface area contributed by atoms with Gasteiger partial charge in [0.15, 0.2) is 5.82 Å². The summed E-state index contributed by atoms with van der Waals surface area (Å²) in [5.41, 5.74) is 2.80. The van der Waals surface area contributed by atoms with E-state index in [4.69, 9.17) is 5.26 Å². The standard InChI is InChI=1S/C19H17N5O2/c1-3-21-18(25)14-5-7-17(22-10-14)24-19(26)16(11-23-24)15-6-4-13(9-20)8-12(15)2/h4-8,10-11,23H,3H2,1-2H3,(H,21,25). The summed E-state index contributed by atoms with van der Waals surface area (Å²) in [6, 6.07) is 10.5. The van der Waals surface area contributed by atoms with Gasteiger partial charge in [0.25, 0.3) is 11.5 Å². The number of rotatable bonds is 4. The van der Waals surface area contributed by atoms with E-state index < -0.39 is 0 Å². The van der Waals surface area contributed by atoms with Crippen molar-refractivity contribution in [2.45, 2.75) is 13.8 Å². The van der Waals surface area contributed by atoms with Gasteiger partial charge in [-0.25, -0.2) is 9.67 Å². The molecule has 0 atom stereocenters. The summed E-state index contributed by atoms with van der Waals surface area (Å²) in [7, 11) is 0. The number of hydrogen-bond donors (Lipinski definition) is 2. The first-order valence-corrected chi connectivity index (χ1v) is 8.11. The number of carbonyl (C=O) groups excluding carboxylic acids is 1. The fourth-order valence-electron chi connectivity index (χ4n) is 2.68. The monoisotopic (exact) mass is 347 g/mol. The van der Waals surface area contributed by atoms with Crippen LogP contribution in [0.3, 0.4) is 0 Å². The summed E-state index contributed by atoms with van der Waals surface area (Å²) in [5, 5.41) is 14.6. The molecule has 0 saturated carbocycles. The van der Waals surface area contributed by atoms with Gasteiger partial charge in [0.05, 0.1) is 22.8 Å². The molecule has 0 aliphatic carbocycles. The summed E-state index contributed by atoms with van der Waals surface area (Å²) in [4.78, 5) is 28.7. The normalized spacial score (nSPS) is 10.3. The largest absolute Gasteiger partial charge is 0.352 e. The molecule has 0 bridgehead atoms. The number of aromatic amines is 1. The quantitative estimate of drug-likeness (QED) is 0.754. The molecule has 0 spiro atoms. The second-order valence-corrected chi connectivity index (χ2v) is 5.73. The summed E-state index contributed by atoms with van der Waals surface area (Å²) in [6.45, 7) is 4.22. The average Bonchev–Trinajstić information content (AvgIpc) is 3.03. The van der Waals surface area contributed by atoms with Crippen LogP contribution in [0.1, 0.15) is 28.4 Å². The fourth-order valence-corrected chi connectivity index (χ4v) is 2.68. The average molecular weight is 347 g/mol. The van der Waals surface area contributed by atoms with E-state index in [1.165, 1.54) is 10.9 Å². The zero-order chi connectivity index (χ0) is 18.7. The van der Waals surface area contributed by atoms with Crippen LogP contribution in [0.15, 0.2) is 47.5 Å². The summed E-state index contributed by atoms with van der Waals surface area (Å²) in [6.07, 6.45) is 3.04. The number of benzene rings is 1. The van der Waals surface area contributed by atoms with Crippen molar-refractivity contribution >= 4 is 5.91 Å². The number of aryl methyl sites for hydroxylation is 1. The van der Waals surface area contributed by atoms with E-state index in [0.717, 1.165) is 11.1 Å². The minimum atomic E-state index is -0.254. The highest BCUT2D eigenvalue weighted by Crippen LogP contribution is 2.21. The van der Waals surface area contributed by atoms with Gasteiger partial charge in [0.1, 0.15) is 0 Å². The molecular formula is C19H17N5O2. The molecule has 0 aliphatic rings. The molecule has 7 heteroatoms. The summed E-state index contributed by atoms with van der Waals surface area (Å²) < 4.78 is 1.31. The van der Waals surface area contributed by atoms with Gasteiger partial charge in [-0.05, 0) is 49.2 Å². The van der Waals surface area contributed by atoms with E-state index in [-0.39, 0.29) is 11.5 Å². The minimum absolute atomic E-state index is 0.209. The lowest BCUT2D eigenvalue weighted by Gasteiger charge is -2.04. The Bertz CT molecular complexity index is 1050. The van der Waals surface area contributed by atoms with Gasteiger partial charge in [-0.1, -0.05) is 6.07 Å². The number of nitrogens with zero attached hydrogens (tertiary/aromatic N) is 3. The van der Waals surface area contributed by atoms with E-state index in [1.54, 1.807) is 36.5 Å². The van der Waals surface area contributed by atoms with Crippen molar-refractivity contribution in [2.24, 2.45) is 0 Å². The van der Waals surface area contributed by atoms with E-state index >= 15 is 0 Å². The van der Waals surface area contributed by atoms with Crippen LogP contribution in [-0.2, 0) is 0 Å². The van der Waals surface area contributed by atoms with Crippen molar-refractivity contribution in [3.05, 3.63) is 69.8 Å². The highest BCUT2D eigenvalue weighted by Gasteiger charge is 2.13. The number of carbonyl (C=O) groups is 1. The lowest BCUT2D eigenvalue weighted by molar-refractivity contribution is 0.0955. The Kier molecular flexibility index (Phi) is 4.67. The van der Waals surface area contributed by atoms with E-state index in [0.29, 0.717) is 29.1 Å². The van der Waals surface area contributed by atoms with Gasteiger partial charge in [0, 0.05) is 18.9 Å². The van der Waals surface area contributed by atoms with Crippen LogP contribution in [0, 0.1) is 18.3 Å². The molecule has 1 aromatic carbocycles. The number of pyridine rings is 1. The van der Waals surface area contributed by atoms with Crippen molar-refractivity contribution in [3.8, 4) is 23.0 Å². The first kappa shape index (κ1) is 17.2. The van der Waals surface area contributed by atoms with Crippen LogP contribution in [-0.4, -0.2) is 27.2 Å². The Labute approximate surface area is 149 Å². The lowest BCUT2D eigenvalue weighted by Crippen LogP contribution is -2.23. The summed E-state index contributed by atoms with van der Waals surface area (Å²) in [5.74, 6) is 0.180. The van der Waals surface area contributed by atoms with Crippen LogP contribution in [0.5, 0.6) is 0 Å². The molecule has 3 aromatic rings. The number of hydrogen-bond acceptors (Lipinski definition) is 4. The number of nitriles is 1. The van der Waals surface area contributed by atoms with Crippen molar-refractivity contribution in [1.82, 2.24) is 20.1 Å². The Morgan fingerprint density at radius 2 is 2.12 bits per heavy atom. The van der Waals surface area contributed by atoms with E-state index in [9.17, 15) is 9.59 Å². The van der Waals surface area contributed by atoms with Gasteiger partial charge < -0.3 is 5.32 Å². The van der Waals surface area contributed by atoms with Gasteiger partial charge >= 0.3 is 0 Å². The number of H-pyrrole nitrogens is 1. The van der Waals surface area contributed by atoms with E-state index in [2.05, 4.69) is 21.5 Å². The highest BCUT2D eigenvalue weighted by molar-refractivity contribution is 5.93. The molecule has 2 N–H and O–H groups in total. The SMILES string of the molecule is CCNC(=O)c1ccc(-n2[nH]cc(-c3ccc(C#N)cc3C)c2=O)nc1. The maximum Gasteiger partial charge on any atom is 0.280 e. The van der Waals surface area contributed by atoms with Crippen LogP contribution in [0.2, 0.25) is 0 Å². The number of nitrogens with one attached hydrogen (secondary N) is 2. The zero-order valence-corrected chi connectivity index (χ0v) is 14.4. The number of aromatic nitrogens is 3. The molecule has 2 heterocycles. The third kappa shape index (κ3) is 3.13. The molecule has 3 rings (SSSR count). The van der Waals surface area contributed by atoms with Crippen LogP contribution >= 0.6 is 0 Å². The topological polar surface area (TPSA) is 104 Å². The number of amides is 1. The van der Waals surface area contributed by atoms with Crippen molar-refractivity contribution in [2.75, 3.05) is 6.54 Å². The first-order valence-electron chi connectivity index (χ1n) is 8.11. The second kappa shape index (κ2) is 7.07. The minimum Gasteiger partial charge on any atom is -0.352 e. The van der Waals surface area contributed by atoms with Gasteiger partial charge in [-0.2, -0.15) is 5.26 Å². The second-order valence-electron chi connectivity index (χ2n) is 5.73. The molecule has 1 amide bonds. The predicted octanol–water partition coefficient (Wildman–Crippen LogP) is 2.16. The first-order chi connectivity index (χ1) is 12.5. The molecule has 26 heavy (non-hydrogen) atoms. The predicted molar refractivity (Wildman–Crippen MR) is 97.1 cm³/mol. The smallest absolute Gasteiger partial charge is 0.280 e. The Morgan fingerprint density at radius 3 is 2.73 bits per heavy atom. The van der Waals surface area contributed by atoms with Gasteiger partial charge in [-0.15, -0.1) is 0 Å². The Morgan fingerprint density at radius 1 is 1.31 bits per heavy atom. The Balaban J connectivity index is 1.96. The van der Waals surface area contributed by atoms with E-state index in [1.807, 2.05) is 13.8 Å². The molecular weight excluding hydrogens is 330 g/mol. The van der Waals surface area contributed by atoms with Gasteiger partial charge in [0.2, 0.25) is 0 Å².